The van der Waals surface area contributed by atoms with Crippen LogP contribution in [0.4, 0.5) is 0 Å². The van der Waals surface area contributed by atoms with Crippen LogP contribution < -0.4 is 5.32 Å². The fourth-order valence-electron chi connectivity index (χ4n) is 1.31. The summed E-state index contributed by atoms with van der Waals surface area (Å²) in [6.07, 6.45) is -0.201. The van der Waals surface area contributed by atoms with Crippen molar-refractivity contribution in [1.29, 1.82) is 0 Å². The molecule has 1 N–H and O–H groups in total. The second kappa shape index (κ2) is 6.60. The Kier molecular flexibility index (Phi) is 5.78. The molecule has 5 heteroatoms. The van der Waals surface area contributed by atoms with Gasteiger partial charge >= 0.3 is 0 Å². The zero-order chi connectivity index (χ0) is 11.3. The van der Waals surface area contributed by atoms with E-state index in [4.69, 9.17) is 9.47 Å². The van der Waals surface area contributed by atoms with Gasteiger partial charge in [-0.3, -0.25) is 0 Å². The molecule has 86 valence electrons. The molecule has 0 saturated heterocycles. The van der Waals surface area contributed by atoms with Crippen LogP contribution in [0.15, 0.2) is 15.9 Å². The number of hydrogen-bond acceptors (Lipinski definition) is 4. The highest BCUT2D eigenvalue weighted by Gasteiger charge is 2.14. The predicted molar refractivity (Wildman–Crippen MR) is 66.1 cm³/mol. The van der Waals surface area contributed by atoms with E-state index in [9.17, 15) is 0 Å². The highest BCUT2D eigenvalue weighted by atomic mass is 79.9. The van der Waals surface area contributed by atoms with Crippen molar-refractivity contribution in [3.8, 4) is 0 Å². The fraction of sp³-hybridized carbons (Fsp3) is 0.600. The molecule has 0 aliphatic heterocycles. The van der Waals surface area contributed by atoms with Crippen molar-refractivity contribution in [3.05, 3.63) is 20.8 Å². The summed E-state index contributed by atoms with van der Waals surface area (Å²) in [7, 11) is 3.29. The van der Waals surface area contributed by atoms with Crippen LogP contribution in [0.3, 0.4) is 0 Å². The van der Waals surface area contributed by atoms with Crippen molar-refractivity contribution in [2.24, 2.45) is 0 Å². The molecule has 0 amide bonds. The first-order chi connectivity index (χ1) is 7.17. The Morgan fingerprint density at radius 2 is 2.07 bits per heavy atom. The standard InChI is InChI=1S/C10H16BrNO2S/c1-7(10(13-2)14-3)12-6-8-4-5-9(11)15-8/h4-5,7,10,12H,6H2,1-3H3. The summed E-state index contributed by atoms with van der Waals surface area (Å²) in [5, 5.41) is 3.35. The van der Waals surface area contributed by atoms with E-state index in [1.807, 2.05) is 6.92 Å². The molecule has 0 radical (unpaired) electrons. The van der Waals surface area contributed by atoms with Crippen molar-refractivity contribution < 1.29 is 9.47 Å². The zero-order valence-corrected chi connectivity index (χ0v) is 11.5. The molecule has 3 nitrogen and oxygen atoms in total. The Labute approximate surface area is 103 Å². The maximum Gasteiger partial charge on any atom is 0.171 e. The van der Waals surface area contributed by atoms with E-state index >= 15 is 0 Å². The van der Waals surface area contributed by atoms with E-state index in [2.05, 4.69) is 33.4 Å². The predicted octanol–water partition coefficient (Wildman–Crippen LogP) is 2.61. The Morgan fingerprint density at radius 3 is 2.53 bits per heavy atom. The van der Waals surface area contributed by atoms with Crippen LogP contribution in [0.5, 0.6) is 0 Å². The number of methoxy groups -OCH3 is 2. The van der Waals surface area contributed by atoms with Gasteiger partial charge in [-0.2, -0.15) is 0 Å². The van der Waals surface area contributed by atoms with Gasteiger partial charge in [0.25, 0.3) is 0 Å². The lowest BCUT2D eigenvalue weighted by atomic mass is 10.3. The molecule has 0 saturated carbocycles. The van der Waals surface area contributed by atoms with E-state index in [0.29, 0.717) is 0 Å². The lowest BCUT2D eigenvalue weighted by Gasteiger charge is -2.21. The summed E-state index contributed by atoms with van der Waals surface area (Å²) < 4.78 is 11.5. The summed E-state index contributed by atoms with van der Waals surface area (Å²) in [6, 6.07) is 4.32. The van der Waals surface area contributed by atoms with E-state index in [0.717, 1.165) is 10.3 Å². The molecule has 1 unspecified atom stereocenters. The second-order valence-corrected chi connectivity index (χ2v) is 5.76. The van der Waals surface area contributed by atoms with Gasteiger partial charge in [-0.1, -0.05) is 0 Å². The fourth-order valence-corrected chi connectivity index (χ4v) is 2.74. The average molecular weight is 294 g/mol. The molecule has 1 rings (SSSR count). The maximum atomic E-state index is 5.16. The first kappa shape index (κ1) is 13.1. The normalized spacial score (nSPS) is 13.4. The third-order valence-electron chi connectivity index (χ3n) is 2.10. The minimum absolute atomic E-state index is 0.167. The zero-order valence-electron chi connectivity index (χ0n) is 9.12. The maximum absolute atomic E-state index is 5.16. The summed E-state index contributed by atoms with van der Waals surface area (Å²) in [5.41, 5.74) is 0. The van der Waals surface area contributed by atoms with Crippen molar-refractivity contribution >= 4 is 27.3 Å². The van der Waals surface area contributed by atoms with Crippen LogP contribution in [-0.2, 0) is 16.0 Å². The quantitative estimate of drug-likeness (QED) is 0.818. The Morgan fingerprint density at radius 1 is 1.40 bits per heavy atom. The topological polar surface area (TPSA) is 30.5 Å². The minimum Gasteiger partial charge on any atom is -0.354 e. The molecule has 0 spiro atoms. The molecule has 0 aromatic carbocycles. The van der Waals surface area contributed by atoms with Crippen molar-refractivity contribution in [3.63, 3.8) is 0 Å². The number of nitrogens with one attached hydrogen (secondary N) is 1. The third-order valence-corrected chi connectivity index (χ3v) is 3.72. The summed E-state index contributed by atoms with van der Waals surface area (Å²) in [6.45, 7) is 2.88. The van der Waals surface area contributed by atoms with Crippen molar-refractivity contribution in [1.82, 2.24) is 5.32 Å². The van der Waals surface area contributed by atoms with Gasteiger partial charge in [-0.05, 0) is 35.0 Å². The number of halogens is 1. The van der Waals surface area contributed by atoms with Crippen molar-refractivity contribution in [2.75, 3.05) is 14.2 Å². The Hall–Kier alpha value is 0.0600. The second-order valence-electron chi connectivity index (χ2n) is 3.22. The molecule has 0 aliphatic rings. The average Bonchev–Trinajstić information content (AvgIpc) is 2.63. The van der Waals surface area contributed by atoms with Crippen LogP contribution in [0, 0.1) is 0 Å². The third kappa shape index (κ3) is 4.20. The van der Waals surface area contributed by atoms with Gasteiger partial charge < -0.3 is 14.8 Å². The number of ether oxygens (including phenoxy) is 2. The Balaban J connectivity index is 2.36. The van der Waals surface area contributed by atoms with Crippen LogP contribution >= 0.6 is 27.3 Å². The highest BCUT2D eigenvalue weighted by molar-refractivity contribution is 9.11. The molecular formula is C10H16BrNO2S. The van der Waals surface area contributed by atoms with E-state index in [-0.39, 0.29) is 12.3 Å². The first-order valence-corrected chi connectivity index (χ1v) is 6.31. The highest BCUT2D eigenvalue weighted by Crippen LogP contribution is 2.21. The van der Waals surface area contributed by atoms with Gasteiger partial charge in [0.05, 0.1) is 9.83 Å². The van der Waals surface area contributed by atoms with E-state index in [1.165, 1.54) is 4.88 Å². The SMILES string of the molecule is COC(OC)C(C)NCc1ccc(Br)s1. The van der Waals surface area contributed by atoms with Gasteiger partial charge in [0.2, 0.25) is 0 Å². The van der Waals surface area contributed by atoms with E-state index < -0.39 is 0 Å². The summed E-state index contributed by atoms with van der Waals surface area (Å²) in [5.74, 6) is 0. The molecule has 15 heavy (non-hydrogen) atoms. The molecule has 0 bridgehead atoms. The molecular weight excluding hydrogens is 278 g/mol. The van der Waals surface area contributed by atoms with Crippen LogP contribution in [0.1, 0.15) is 11.8 Å². The monoisotopic (exact) mass is 293 g/mol. The molecule has 1 aromatic heterocycles. The minimum atomic E-state index is -0.201. The largest absolute Gasteiger partial charge is 0.354 e. The molecule has 1 atom stereocenters. The van der Waals surface area contributed by atoms with Gasteiger partial charge in [0.15, 0.2) is 6.29 Å². The van der Waals surface area contributed by atoms with E-state index in [1.54, 1.807) is 25.6 Å². The first-order valence-electron chi connectivity index (χ1n) is 4.70. The summed E-state index contributed by atoms with van der Waals surface area (Å²) >= 11 is 5.17. The van der Waals surface area contributed by atoms with Gasteiger partial charge in [0.1, 0.15) is 0 Å². The molecule has 0 aliphatic carbocycles. The van der Waals surface area contributed by atoms with Crippen molar-refractivity contribution in [2.45, 2.75) is 25.8 Å². The van der Waals surface area contributed by atoms with Crippen LogP contribution in [-0.4, -0.2) is 26.6 Å². The molecule has 0 fully saturated rings. The summed E-state index contributed by atoms with van der Waals surface area (Å²) in [4.78, 5) is 1.29. The number of rotatable bonds is 6. The number of thiophene rings is 1. The lowest BCUT2D eigenvalue weighted by molar-refractivity contribution is -0.119. The molecule has 1 heterocycles. The smallest absolute Gasteiger partial charge is 0.171 e. The number of hydrogen-bond donors (Lipinski definition) is 1. The molecule has 1 aromatic rings. The van der Waals surface area contributed by atoms with Gasteiger partial charge in [0, 0.05) is 25.6 Å². The van der Waals surface area contributed by atoms with Crippen LogP contribution in [0.25, 0.3) is 0 Å². The van der Waals surface area contributed by atoms with Gasteiger partial charge in [-0.15, -0.1) is 11.3 Å². The van der Waals surface area contributed by atoms with Crippen LogP contribution in [0.2, 0.25) is 0 Å². The lowest BCUT2D eigenvalue weighted by Crippen LogP contribution is -2.39. The van der Waals surface area contributed by atoms with Gasteiger partial charge in [-0.25, -0.2) is 0 Å². The Bertz CT molecular complexity index is 289.